The number of hydrogen-bond donors (Lipinski definition) is 1. The average molecular weight is 107 g/mol. The second-order valence-electron chi connectivity index (χ2n) is 0.484. The van der Waals surface area contributed by atoms with E-state index in [0.717, 1.165) is 0 Å². The largest absolute Gasteiger partial charge is 0.754 e. The molecular formula is CH3N2O2S-. The van der Waals surface area contributed by atoms with Gasteiger partial charge in [-0.1, -0.05) is 0 Å². The Morgan fingerprint density at radius 1 is 2.00 bits per heavy atom. The molecule has 0 spiro atoms. The third-order valence-corrected chi connectivity index (χ3v) is 0.417. The van der Waals surface area contributed by atoms with Gasteiger partial charge in [-0.2, -0.15) is 5.10 Å². The molecule has 0 bridgehead atoms. The normalized spacial score (nSPS) is 12.8. The van der Waals surface area contributed by atoms with Crippen molar-refractivity contribution in [1.29, 1.82) is 0 Å². The van der Waals surface area contributed by atoms with E-state index in [1.54, 1.807) is 4.83 Å². The van der Waals surface area contributed by atoms with E-state index in [1.165, 1.54) is 0 Å². The molecule has 0 aromatic carbocycles. The van der Waals surface area contributed by atoms with E-state index in [1.807, 2.05) is 0 Å². The molecule has 0 aliphatic heterocycles. The van der Waals surface area contributed by atoms with E-state index in [-0.39, 0.29) is 0 Å². The van der Waals surface area contributed by atoms with Crippen molar-refractivity contribution in [3.63, 3.8) is 0 Å². The van der Waals surface area contributed by atoms with Gasteiger partial charge in [-0.25, -0.2) is 4.83 Å². The first-order valence-electron chi connectivity index (χ1n) is 1.08. The molecule has 0 aliphatic carbocycles. The molecule has 0 radical (unpaired) electrons. The second-order valence-corrected chi connectivity index (χ2v) is 1.14. The summed E-state index contributed by atoms with van der Waals surface area (Å²) in [6.07, 6.45) is 0. The monoisotopic (exact) mass is 107 g/mol. The summed E-state index contributed by atoms with van der Waals surface area (Å²) >= 11 is -2.29. The van der Waals surface area contributed by atoms with Gasteiger partial charge in [-0.05, 0) is 0 Å². The Hall–Kier alpha value is -0.420. The molecule has 0 heterocycles. The van der Waals surface area contributed by atoms with Crippen LogP contribution in [0.25, 0.3) is 0 Å². The van der Waals surface area contributed by atoms with Crippen LogP contribution in [0.5, 0.6) is 0 Å². The molecule has 0 aromatic rings. The molecule has 0 rings (SSSR count). The molecule has 1 N–H and O–H groups in total. The van der Waals surface area contributed by atoms with Crippen LogP contribution in [0, 0.1) is 0 Å². The molecular weight excluding hydrogens is 104 g/mol. The van der Waals surface area contributed by atoms with Crippen LogP contribution in [0.2, 0.25) is 0 Å². The highest BCUT2D eigenvalue weighted by Crippen LogP contribution is 1.55. The summed E-state index contributed by atoms with van der Waals surface area (Å²) in [4.78, 5) is 1.64. The Bertz CT molecular complexity index is 71.9. The van der Waals surface area contributed by atoms with E-state index in [0.29, 0.717) is 0 Å². The first-order valence-corrected chi connectivity index (χ1v) is 2.15. The minimum Gasteiger partial charge on any atom is -0.754 e. The third-order valence-electron chi connectivity index (χ3n) is 0.139. The van der Waals surface area contributed by atoms with Crippen LogP contribution in [0.1, 0.15) is 0 Å². The van der Waals surface area contributed by atoms with Crippen molar-refractivity contribution < 1.29 is 8.76 Å². The van der Waals surface area contributed by atoms with Crippen molar-refractivity contribution in [3.05, 3.63) is 0 Å². The van der Waals surface area contributed by atoms with Crippen molar-refractivity contribution in [2.75, 3.05) is 0 Å². The topological polar surface area (TPSA) is 64.5 Å². The quantitative estimate of drug-likeness (QED) is 0.279. The summed E-state index contributed by atoms with van der Waals surface area (Å²) in [7, 11) is 0. The zero-order chi connectivity index (χ0) is 4.99. The van der Waals surface area contributed by atoms with Gasteiger partial charge in [0.2, 0.25) is 0 Å². The first kappa shape index (κ1) is 5.58. The molecule has 5 heteroatoms. The summed E-state index contributed by atoms with van der Waals surface area (Å²) in [5, 5.41) is 2.82. The minimum absolute atomic E-state index is 1.64. The summed E-state index contributed by atoms with van der Waals surface area (Å²) in [6.45, 7) is 2.85. The van der Waals surface area contributed by atoms with Crippen molar-refractivity contribution in [2.24, 2.45) is 5.10 Å². The van der Waals surface area contributed by atoms with Crippen LogP contribution < -0.4 is 4.83 Å². The van der Waals surface area contributed by atoms with Crippen LogP contribution >= 0.6 is 0 Å². The summed E-state index contributed by atoms with van der Waals surface area (Å²) in [5.41, 5.74) is 0. The minimum atomic E-state index is -2.29. The van der Waals surface area contributed by atoms with Crippen molar-refractivity contribution in [2.45, 2.75) is 0 Å². The predicted octanol–water partition coefficient (Wildman–Crippen LogP) is -1.01. The Labute approximate surface area is 37.7 Å². The number of nitrogens with one attached hydrogen (secondary N) is 1. The van der Waals surface area contributed by atoms with E-state index in [9.17, 15) is 8.76 Å². The molecule has 6 heavy (non-hydrogen) atoms. The summed E-state index contributed by atoms with van der Waals surface area (Å²) in [5.74, 6) is 0. The molecule has 1 atom stereocenters. The van der Waals surface area contributed by atoms with E-state index < -0.39 is 11.3 Å². The lowest BCUT2D eigenvalue weighted by molar-refractivity contribution is 0.525. The molecule has 0 saturated heterocycles. The van der Waals surface area contributed by atoms with Gasteiger partial charge in [0.1, 0.15) is 0 Å². The van der Waals surface area contributed by atoms with Gasteiger partial charge in [0.05, 0.1) is 11.3 Å². The van der Waals surface area contributed by atoms with E-state index in [2.05, 4.69) is 11.8 Å². The average Bonchev–Trinajstić information content (AvgIpc) is 1.35. The lowest BCUT2D eigenvalue weighted by Crippen LogP contribution is -2.06. The van der Waals surface area contributed by atoms with Gasteiger partial charge >= 0.3 is 0 Å². The van der Waals surface area contributed by atoms with Crippen molar-refractivity contribution >= 4 is 18.0 Å². The van der Waals surface area contributed by atoms with Gasteiger partial charge in [0.15, 0.2) is 0 Å². The van der Waals surface area contributed by atoms with Gasteiger partial charge in [0, 0.05) is 6.72 Å². The fraction of sp³-hybridized carbons (Fsp3) is 0. The van der Waals surface area contributed by atoms with Crippen LogP contribution in [0.4, 0.5) is 0 Å². The molecule has 0 aromatic heterocycles. The zero-order valence-corrected chi connectivity index (χ0v) is 3.70. The maximum absolute atomic E-state index is 9.35. The highest BCUT2D eigenvalue weighted by atomic mass is 32.2. The fourth-order valence-electron chi connectivity index (χ4n) is 0.0527. The fourth-order valence-corrected chi connectivity index (χ4v) is 0.158. The predicted molar refractivity (Wildman–Crippen MR) is 21.6 cm³/mol. The number of rotatable bonds is 2. The Morgan fingerprint density at radius 3 is 2.50 bits per heavy atom. The molecule has 4 nitrogen and oxygen atoms in total. The number of hydrazone groups is 1. The molecule has 0 amide bonds. The van der Waals surface area contributed by atoms with Gasteiger partial charge in [0.25, 0.3) is 0 Å². The van der Waals surface area contributed by atoms with Crippen molar-refractivity contribution in [1.82, 2.24) is 4.83 Å². The molecule has 0 fully saturated rings. The standard InChI is InChI=1S/CH4N2O2S/c1-2-3-6(4)5/h3H,1H2,(H,4,5)/p-1. The van der Waals surface area contributed by atoms with Crippen LogP contribution in [-0.4, -0.2) is 15.5 Å². The molecule has 1 unspecified atom stereocenters. The maximum Gasteiger partial charge on any atom is 0.0613 e. The second kappa shape index (κ2) is 2.80. The Morgan fingerprint density at radius 2 is 2.50 bits per heavy atom. The first-order chi connectivity index (χ1) is 2.77. The van der Waals surface area contributed by atoms with E-state index in [4.69, 9.17) is 0 Å². The van der Waals surface area contributed by atoms with Gasteiger partial charge in [-0.15, -0.1) is 0 Å². The van der Waals surface area contributed by atoms with Gasteiger partial charge in [-0.3, -0.25) is 4.21 Å². The van der Waals surface area contributed by atoms with Gasteiger partial charge < -0.3 is 4.55 Å². The lowest BCUT2D eigenvalue weighted by Gasteiger charge is -1.97. The Balaban J connectivity index is 3.05. The molecule has 0 aliphatic rings. The van der Waals surface area contributed by atoms with E-state index >= 15 is 0 Å². The Kier molecular flexibility index (Phi) is 2.60. The SMILES string of the molecule is C=NNS(=O)[O-]. The summed E-state index contributed by atoms with van der Waals surface area (Å²) < 4.78 is 18.7. The number of hydrogen-bond acceptors (Lipinski definition) is 3. The maximum atomic E-state index is 9.35. The highest BCUT2D eigenvalue weighted by Gasteiger charge is 1.61. The van der Waals surface area contributed by atoms with Crippen LogP contribution in [-0.2, 0) is 11.3 Å². The molecule has 36 valence electrons. The summed E-state index contributed by atoms with van der Waals surface area (Å²) in [6, 6.07) is 0. The zero-order valence-electron chi connectivity index (χ0n) is 2.88. The lowest BCUT2D eigenvalue weighted by atomic mass is 11.7. The highest BCUT2D eigenvalue weighted by molar-refractivity contribution is 7.77. The number of nitrogens with zero attached hydrogens (tertiary/aromatic N) is 1. The van der Waals surface area contributed by atoms with Crippen LogP contribution in [0.3, 0.4) is 0 Å². The van der Waals surface area contributed by atoms with Crippen LogP contribution in [0.15, 0.2) is 5.10 Å². The smallest absolute Gasteiger partial charge is 0.0613 e. The van der Waals surface area contributed by atoms with Crippen molar-refractivity contribution in [3.8, 4) is 0 Å². The molecule has 0 saturated carbocycles. The third kappa shape index (κ3) is 3.58.